The molecule has 1 aliphatic heterocycles. The summed E-state index contributed by atoms with van der Waals surface area (Å²) < 4.78 is 2.17. The first-order valence-corrected chi connectivity index (χ1v) is 10.2. The molecule has 0 radical (unpaired) electrons. The summed E-state index contributed by atoms with van der Waals surface area (Å²) in [7, 11) is 0. The Balaban J connectivity index is 1.65. The van der Waals surface area contributed by atoms with Crippen molar-refractivity contribution in [1.29, 1.82) is 10.5 Å². The van der Waals surface area contributed by atoms with Gasteiger partial charge < -0.3 is 21.4 Å². The van der Waals surface area contributed by atoms with E-state index in [1.807, 2.05) is 54.9 Å². The summed E-state index contributed by atoms with van der Waals surface area (Å²) in [6, 6.07) is 19.7. The molecule has 4 aromatic rings. The Hall–Kier alpha value is -5.02. The second kappa shape index (κ2) is 7.91. The number of aliphatic imine (C=N–C) groups is 1. The third-order valence-corrected chi connectivity index (χ3v) is 5.67. The van der Waals surface area contributed by atoms with Gasteiger partial charge in [0.05, 0.1) is 5.69 Å². The number of nitriles is 2. The fourth-order valence-corrected chi connectivity index (χ4v) is 4.11. The van der Waals surface area contributed by atoms with Gasteiger partial charge in [0, 0.05) is 23.8 Å². The van der Waals surface area contributed by atoms with Crippen molar-refractivity contribution in [2.75, 3.05) is 16.8 Å². The maximum absolute atomic E-state index is 9.52. The van der Waals surface area contributed by atoms with Crippen molar-refractivity contribution in [3.63, 3.8) is 0 Å². The summed E-state index contributed by atoms with van der Waals surface area (Å²) in [5.74, 6) is 0.609. The number of guanidine groups is 1. The fourth-order valence-electron chi connectivity index (χ4n) is 4.11. The number of hydrogen-bond donors (Lipinski definition) is 4. The van der Waals surface area contributed by atoms with Gasteiger partial charge in [-0.3, -0.25) is 5.32 Å². The van der Waals surface area contributed by atoms with Crippen LogP contribution in [0.2, 0.25) is 0 Å². The first kappa shape index (κ1) is 19.9. The molecule has 0 aliphatic carbocycles. The number of nitrogen functional groups attached to an aromatic ring is 2. The van der Waals surface area contributed by atoms with Crippen molar-refractivity contribution in [1.82, 2.24) is 14.9 Å². The van der Waals surface area contributed by atoms with Gasteiger partial charge in [-0.25, -0.2) is 9.98 Å². The molecule has 2 aromatic heterocycles. The van der Waals surface area contributed by atoms with E-state index in [9.17, 15) is 5.26 Å². The number of fused-ring (bicyclic) bond motifs is 2. The lowest BCUT2D eigenvalue weighted by Gasteiger charge is -2.26. The largest absolute Gasteiger partial charge is 0.397 e. The number of aromatic nitrogens is 2. The van der Waals surface area contributed by atoms with Crippen LogP contribution in [0.25, 0.3) is 10.9 Å². The molecule has 9 heteroatoms. The summed E-state index contributed by atoms with van der Waals surface area (Å²) in [5.41, 5.74) is 16.2. The van der Waals surface area contributed by atoms with E-state index in [2.05, 4.69) is 43.4 Å². The topological polar surface area (TPSA) is 154 Å². The minimum absolute atomic E-state index is 0.0189. The van der Waals surface area contributed by atoms with Gasteiger partial charge in [0.15, 0.2) is 6.19 Å². The first-order valence-electron chi connectivity index (χ1n) is 10.2. The first-order chi connectivity index (χ1) is 16.1. The molecule has 1 aliphatic rings. The van der Waals surface area contributed by atoms with E-state index in [1.165, 1.54) is 5.56 Å². The molecule has 9 nitrogen and oxygen atoms in total. The Morgan fingerprint density at radius 2 is 1.91 bits per heavy atom. The molecule has 0 saturated carbocycles. The fraction of sp³-hybridized carbons (Fsp3) is 0.0833. The molecule has 160 valence electrons. The predicted molar refractivity (Wildman–Crippen MR) is 127 cm³/mol. The summed E-state index contributed by atoms with van der Waals surface area (Å²) in [5, 5.41) is 25.2. The molecule has 33 heavy (non-hydrogen) atoms. The van der Waals surface area contributed by atoms with E-state index in [0.29, 0.717) is 11.4 Å². The number of nitrogens with one attached hydrogen (secondary N) is 2. The highest BCUT2D eigenvalue weighted by molar-refractivity contribution is 5.98. The standard InChI is InChI=1S/C24H19N9/c25-11-17-20(27)19-21(30-24(29-13-26)32-23(19)31-22(17)28)16-7-6-15-8-9-33(18(15)10-16)12-14-4-2-1-3-5-14/h1-10,21H,12H2,(H6,27,28,29,30,31,32). The van der Waals surface area contributed by atoms with E-state index in [-0.39, 0.29) is 23.0 Å². The predicted octanol–water partition coefficient (Wildman–Crippen LogP) is 3.06. The van der Waals surface area contributed by atoms with Crippen molar-refractivity contribution in [3.8, 4) is 12.3 Å². The number of nitrogens with zero attached hydrogens (tertiary/aromatic N) is 5. The van der Waals surface area contributed by atoms with Crippen molar-refractivity contribution in [3.05, 3.63) is 83.0 Å². The van der Waals surface area contributed by atoms with Crippen LogP contribution in [-0.2, 0) is 6.54 Å². The maximum atomic E-state index is 9.52. The highest BCUT2D eigenvalue weighted by atomic mass is 15.2. The Labute approximate surface area is 189 Å². The highest BCUT2D eigenvalue weighted by Crippen LogP contribution is 2.41. The van der Waals surface area contributed by atoms with Gasteiger partial charge in [0.1, 0.15) is 29.3 Å². The summed E-state index contributed by atoms with van der Waals surface area (Å²) in [6.07, 6.45) is 3.91. The quantitative estimate of drug-likeness (QED) is 0.286. The minimum Gasteiger partial charge on any atom is -0.397 e. The second-order valence-corrected chi connectivity index (χ2v) is 7.65. The molecule has 0 spiro atoms. The lowest BCUT2D eigenvalue weighted by Crippen LogP contribution is -2.32. The molecule has 0 saturated heterocycles. The Kier molecular flexibility index (Phi) is 4.77. The van der Waals surface area contributed by atoms with Crippen molar-refractivity contribution < 1.29 is 0 Å². The third-order valence-electron chi connectivity index (χ3n) is 5.67. The zero-order valence-electron chi connectivity index (χ0n) is 17.4. The molecule has 0 bridgehead atoms. The summed E-state index contributed by atoms with van der Waals surface area (Å²) >= 11 is 0. The Bertz CT molecular complexity index is 1490. The van der Waals surface area contributed by atoms with Crippen LogP contribution in [0.4, 0.5) is 17.3 Å². The van der Waals surface area contributed by atoms with Crippen LogP contribution in [0.5, 0.6) is 0 Å². The SMILES string of the molecule is N#CNC1=NC(c2ccc3ccn(Cc4ccccc4)c3c2)c2c(nc(N)c(C#N)c2N)N1. The van der Waals surface area contributed by atoms with Crippen molar-refractivity contribution >= 4 is 34.2 Å². The second-order valence-electron chi connectivity index (χ2n) is 7.65. The normalized spacial score (nSPS) is 14.5. The van der Waals surface area contributed by atoms with Crippen molar-refractivity contribution in [2.45, 2.75) is 12.6 Å². The zero-order chi connectivity index (χ0) is 22.9. The number of anilines is 3. The van der Waals surface area contributed by atoms with E-state index >= 15 is 0 Å². The van der Waals surface area contributed by atoms with E-state index in [4.69, 9.17) is 16.7 Å². The average Bonchev–Trinajstić information content (AvgIpc) is 3.21. The summed E-state index contributed by atoms with van der Waals surface area (Å²) in [4.78, 5) is 8.95. The van der Waals surface area contributed by atoms with Gasteiger partial charge in [0.2, 0.25) is 5.96 Å². The molecule has 1 atom stereocenters. The molecule has 0 amide bonds. The molecule has 2 aromatic carbocycles. The van der Waals surface area contributed by atoms with Crippen LogP contribution in [0, 0.1) is 22.8 Å². The van der Waals surface area contributed by atoms with Crippen LogP contribution in [0.3, 0.4) is 0 Å². The maximum Gasteiger partial charge on any atom is 0.211 e. The highest BCUT2D eigenvalue weighted by Gasteiger charge is 2.29. The van der Waals surface area contributed by atoms with Crippen LogP contribution in [-0.4, -0.2) is 15.5 Å². The Morgan fingerprint density at radius 1 is 1.09 bits per heavy atom. The van der Waals surface area contributed by atoms with Gasteiger partial charge in [0.25, 0.3) is 0 Å². The van der Waals surface area contributed by atoms with Crippen molar-refractivity contribution in [2.24, 2.45) is 4.99 Å². The van der Waals surface area contributed by atoms with E-state index < -0.39 is 6.04 Å². The average molecular weight is 433 g/mol. The van der Waals surface area contributed by atoms with Gasteiger partial charge in [-0.2, -0.15) is 10.5 Å². The van der Waals surface area contributed by atoms with Gasteiger partial charge >= 0.3 is 0 Å². The summed E-state index contributed by atoms with van der Waals surface area (Å²) in [6.45, 7) is 0.722. The van der Waals surface area contributed by atoms with Gasteiger partial charge in [-0.1, -0.05) is 42.5 Å². The minimum atomic E-state index is -0.582. The lowest BCUT2D eigenvalue weighted by molar-refractivity contribution is 0.827. The van der Waals surface area contributed by atoms with E-state index in [1.54, 1.807) is 0 Å². The number of pyridine rings is 1. The molecule has 1 unspecified atom stereocenters. The number of rotatable bonds is 3. The van der Waals surface area contributed by atoms with Crippen LogP contribution in [0.15, 0.2) is 65.8 Å². The molecule has 6 N–H and O–H groups in total. The van der Waals surface area contributed by atoms with E-state index in [0.717, 1.165) is 23.0 Å². The number of hydrogen-bond acceptors (Lipinski definition) is 8. The van der Waals surface area contributed by atoms with Crippen LogP contribution < -0.4 is 22.1 Å². The third kappa shape index (κ3) is 3.44. The van der Waals surface area contributed by atoms with Crippen LogP contribution >= 0.6 is 0 Å². The lowest BCUT2D eigenvalue weighted by atomic mass is 9.94. The smallest absolute Gasteiger partial charge is 0.211 e. The molecular weight excluding hydrogens is 414 g/mol. The Morgan fingerprint density at radius 3 is 2.67 bits per heavy atom. The van der Waals surface area contributed by atoms with Gasteiger partial charge in [-0.05, 0) is 28.6 Å². The van der Waals surface area contributed by atoms with Crippen LogP contribution in [0.1, 0.15) is 28.3 Å². The monoisotopic (exact) mass is 433 g/mol. The number of benzene rings is 2. The van der Waals surface area contributed by atoms with Gasteiger partial charge in [-0.15, -0.1) is 0 Å². The molecular formula is C24H19N9. The molecule has 5 rings (SSSR count). The zero-order valence-corrected chi connectivity index (χ0v) is 17.4. The molecule has 0 fully saturated rings. The molecule has 3 heterocycles. The number of nitrogens with two attached hydrogens (primary N) is 2.